The summed E-state index contributed by atoms with van der Waals surface area (Å²) in [6, 6.07) is 1.75. The summed E-state index contributed by atoms with van der Waals surface area (Å²) in [5.74, 6) is 0.417. The number of benzene rings is 1. The van der Waals surface area contributed by atoms with Gasteiger partial charge in [-0.1, -0.05) is 6.58 Å². The summed E-state index contributed by atoms with van der Waals surface area (Å²) in [7, 11) is 0. The first-order valence-corrected chi connectivity index (χ1v) is 7.03. The Morgan fingerprint density at radius 3 is 2.47 bits per heavy atom. The van der Waals surface area contributed by atoms with Gasteiger partial charge in [0.2, 0.25) is 0 Å². The summed E-state index contributed by atoms with van der Waals surface area (Å²) in [6.45, 7) is 5.73. The fourth-order valence-corrected chi connectivity index (χ4v) is 3.58. The lowest BCUT2D eigenvalue weighted by molar-refractivity contribution is -0.129. The van der Waals surface area contributed by atoms with Crippen LogP contribution in [0, 0.1) is 0 Å². The van der Waals surface area contributed by atoms with Crippen molar-refractivity contribution in [1.82, 2.24) is 0 Å². The summed E-state index contributed by atoms with van der Waals surface area (Å²) in [6.07, 6.45) is 1.10. The quantitative estimate of drug-likeness (QED) is 0.403. The molecule has 0 heterocycles. The molecule has 0 saturated heterocycles. The minimum atomic E-state index is -0.531. The number of esters is 1. The van der Waals surface area contributed by atoms with E-state index in [4.69, 9.17) is 9.47 Å². The molecular weight excluding hydrogens is 420 g/mol. The van der Waals surface area contributed by atoms with Crippen LogP contribution in [-0.2, 0) is 4.79 Å². The number of ether oxygens (including phenoxy) is 2. The molecule has 0 atom stereocenters. The maximum atomic E-state index is 11.2. The molecule has 1 aromatic rings. The van der Waals surface area contributed by atoms with Crippen LogP contribution in [0.2, 0.25) is 0 Å². The van der Waals surface area contributed by atoms with E-state index in [0.717, 1.165) is 10.5 Å². The lowest BCUT2D eigenvalue weighted by Gasteiger charge is -2.13. The molecule has 0 radical (unpaired) electrons. The maximum absolute atomic E-state index is 11.2. The Hall–Kier alpha value is -0.330. The van der Waals surface area contributed by atoms with Crippen molar-refractivity contribution < 1.29 is 14.3 Å². The van der Waals surface area contributed by atoms with Gasteiger partial charge in [0.1, 0.15) is 4.47 Å². The summed E-state index contributed by atoms with van der Waals surface area (Å²) < 4.78 is 12.5. The first-order chi connectivity index (χ1) is 8.01. The number of hydrogen-bond donors (Lipinski definition) is 0. The van der Waals surface area contributed by atoms with Crippen LogP contribution in [0.5, 0.6) is 11.5 Å². The number of rotatable bonds is 4. The molecule has 0 aromatic heterocycles. The van der Waals surface area contributed by atoms with Gasteiger partial charge in [0, 0.05) is 6.08 Å². The second kappa shape index (κ2) is 6.56. The molecule has 17 heavy (non-hydrogen) atoms. The fraction of sp³-hybridized carbons (Fsp3) is 0.182. The highest BCUT2D eigenvalue weighted by Crippen LogP contribution is 2.45. The van der Waals surface area contributed by atoms with Crippen molar-refractivity contribution in [3.63, 3.8) is 0 Å². The Bertz CT molecular complexity index is 458. The molecule has 1 aromatic carbocycles. The smallest absolute Gasteiger partial charge is 0.335 e. The third-order valence-electron chi connectivity index (χ3n) is 1.74. The van der Waals surface area contributed by atoms with E-state index in [-0.39, 0.29) is 0 Å². The van der Waals surface area contributed by atoms with Crippen LogP contribution in [0.4, 0.5) is 0 Å². The standard InChI is InChI=1S/C11H9Br3O3/c1-3-8(15)17-11-7(13)5-6(12)10(9(11)14)16-4-2/h3,5H,1,4H2,2H3. The molecule has 0 bridgehead atoms. The molecule has 92 valence electrons. The molecule has 6 heteroatoms. The molecule has 0 amide bonds. The van der Waals surface area contributed by atoms with Crippen LogP contribution >= 0.6 is 47.8 Å². The summed E-state index contributed by atoms with van der Waals surface area (Å²) >= 11 is 10.0. The maximum Gasteiger partial charge on any atom is 0.335 e. The Morgan fingerprint density at radius 1 is 1.35 bits per heavy atom. The highest BCUT2D eigenvalue weighted by molar-refractivity contribution is 9.11. The van der Waals surface area contributed by atoms with E-state index in [0.29, 0.717) is 27.1 Å². The molecule has 0 N–H and O–H groups in total. The van der Waals surface area contributed by atoms with Gasteiger partial charge in [-0.05, 0) is 60.8 Å². The molecular formula is C11H9Br3O3. The van der Waals surface area contributed by atoms with Gasteiger partial charge in [0.05, 0.1) is 15.6 Å². The van der Waals surface area contributed by atoms with Crippen molar-refractivity contribution in [3.8, 4) is 11.5 Å². The molecule has 0 fully saturated rings. The largest absolute Gasteiger partial charge is 0.491 e. The lowest BCUT2D eigenvalue weighted by atomic mass is 10.3. The van der Waals surface area contributed by atoms with E-state index in [2.05, 4.69) is 54.4 Å². The van der Waals surface area contributed by atoms with Crippen molar-refractivity contribution in [3.05, 3.63) is 32.1 Å². The zero-order valence-corrected chi connectivity index (χ0v) is 13.7. The average Bonchev–Trinajstić information content (AvgIpc) is 2.29. The zero-order valence-electron chi connectivity index (χ0n) is 8.93. The SMILES string of the molecule is C=CC(=O)Oc1c(Br)cc(Br)c(OCC)c1Br. The van der Waals surface area contributed by atoms with E-state index in [9.17, 15) is 4.79 Å². The fourth-order valence-electron chi connectivity index (χ4n) is 1.07. The van der Waals surface area contributed by atoms with Gasteiger partial charge in [0.15, 0.2) is 11.5 Å². The van der Waals surface area contributed by atoms with Gasteiger partial charge in [-0.3, -0.25) is 0 Å². The Kier molecular flexibility index (Phi) is 5.69. The average molecular weight is 429 g/mol. The van der Waals surface area contributed by atoms with Gasteiger partial charge < -0.3 is 9.47 Å². The van der Waals surface area contributed by atoms with Crippen LogP contribution in [0.15, 0.2) is 32.1 Å². The summed E-state index contributed by atoms with van der Waals surface area (Å²) in [5.41, 5.74) is 0. The second-order valence-electron chi connectivity index (χ2n) is 2.87. The second-order valence-corrected chi connectivity index (χ2v) is 5.37. The topological polar surface area (TPSA) is 35.5 Å². The van der Waals surface area contributed by atoms with Gasteiger partial charge in [-0.25, -0.2) is 4.79 Å². The number of carbonyl (C=O) groups is 1. The number of hydrogen-bond acceptors (Lipinski definition) is 3. The van der Waals surface area contributed by atoms with Gasteiger partial charge >= 0.3 is 5.97 Å². The minimum absolute atomic E-state index is 0.363. The molecule has 0 unspecified atom stereocenters. The third-order valence-corrected chi connectivity index (χ3v) is 3.64. The van der Waals surface area contributed by atoms with E-state index in [1.807, 2.05) is 6.92 Å². The van der Waals surface area contributed by atoms with Crippen molar-refractivity contribution >= 4 is 53.8 Å². The van der Waals surface area contributed by atoms with Gasteiger partial charge in [-0.2, -0.15) is 0 Å². The first-order valence-electron chi connectivity index (χ1n) is 4.65. The highest BCUT2D eigenvalue weighted by Gasteiger charge is 2.18. The van der Waals surface area contributed by atoms with Crippen LogP contribution < -0.4 is 9.47 Å². The van der Waals surface area contributed by atoms with E-state index < -0.39 is 5.97 Å². The zero-order chi connectivity index (χ0) is 13.0. The van der Waals surface area contributed by atoms with Crippen LogP contribution in [0.1, 0.15) is 6.92 Å². The molecule has 1 rings (SSSR count). The van der Waals surface area contributed by atoms with Crippen molar-refractivity contribution in [2.24, 2.45) is 0 Å². The molecule has 0 spiro atoms. The minimum Gasteiger partial charge on any atom is -0.491 e. The Labute approximate surface area is 125 Å². The first kappa shape index (κ1) is 14.7. The van der Waals surface area contributed by atoms with Crippen LogP contribution in [-0.4, -0.2) is 12.6 Å². The third kappa shape index (κ3) is 3.56. The molecule has 0 aliphatic carbocycles. The normalized spacial score (nSPS) is 9.88. The summed E-state index contributed by atoms with van der Waals surface area (Å²) in [5, 5.41) is 0. The number of carbonyl (C=O) groups excluding carboxylic acids is 1. The Balaban J connectivity index is 3.24. The van der Waals surface area contributed by atoms with Crippen molar-refractivity contribution in [2.75, 3.05) is 6.61 Å². The molecule has 3 nitrogen and oxygen atoms in total. The van der Waals surface area contributed by atoms with E-state index in [1.54, 1.807) is 6.07 Å². The molecule has 0 aliphatic heterocycles. The monoisotopic (exact) mass is 426 g/mol. The van der Waals surface area contributed by atoms with Crippen molar-refractivity contribution in [2.45, 2.75) is 6.92 Å². The van der Waals surface area contributed by atoms with Gasteiger partial charge in [0.25, 0.3) is 0 Å². The predicted molar refractivity (Wildman–Crippen MR) is 76.5 cm³/mol. The summed E-state index contributed by atoms with van der Waals surface area (Å²) in [4.78, 5) is 11.2. The Morgan fingerprint density at radius 2 is 1.94 bits per heavy atom. The van der Waals surface area contributed by atoms with Crippen molar-refractivity contribution in [1.29, 1.82) is 0 Å². The van der Waals surface area contributed by atoms with E-state index >= 15 is 0 Å². The predicted octanol–water partition coefficient (Wildman–Crippen LogP) is 4.46. The van der Waals surface area contributed by atoms with E-state index in [1.165, 1.54) is 0 Å². The molecule has 0 aliphatic rings. The number of halogens is 3. The van der Waals surface area contributed by atoms with Crippen LogP contribution in [0.3, 0.4) is 0 Å². The highest BCUT2D eigenvalue weighted by atomic mass is 79.9. The van der Waals surface area contributed by atoms with Crippen LogP contribution in [0.25, 0.3) is 0 Å². The van der Waals surface area contributed by atoms with Gasteiger partial charge in [-0.15, -0.1) is 0 Å². The molecule has 0 saturated carbocycles. The lowest BCUT2D eigenvalue weighted by Crippen LogP contribution is -2.05.